The molecule has 8 heteroatoms. The zero-order chi connectivity index (χ0) is 17.3. The predicted molar refractivity (Wildman–Crippen MR) is 94.4 cm³/mol. The molecule has 0 fully saturated rings. The van der Waals surface area contributed by atoms with Crippen LogP contribution in [0.15, 0.2) is 30.5 Å². The molecule has 0 bridgehead atoms. The van der Waals surface area contributed by atoms with Crippen LogP contribution in [0.1, 0.15) is 26.6 Å². The van der Waals surface area contributed by atoms with E-state index >= 15 is 0 Å². The molecular weight excluding hydrogens is 348 g/mol. The molecule has 1 aromatic carbocycles. The van der Waals surface area contributed by atoms with Gasteiger partial charge in [-0.25, -0.2) is 14.5 Å². The van der Waals surface area contributed by atoms with Crippen LogP contribution in [0.4, 0.5) is 5.69 Å². The van der Waals surface area contributed by atoms with Gasteiger partial charge in [0.15, 0.2) is 4.47 Å². The number of carboxylic acid groups (broad SMARTS) is 1. The lowest BCUT2D eigenvalue weighted by Crippen LogP contribution is -2.09. The van der Waals surface area contributed by atoms with Crippen LogP contribution in [-0.2, 0) is 6.54 Å². The maximum atomic E-state index is 11.6. The van der Waals surface area contributed by atoms with E-state index in [0.717, 1.165) is 16.3 Å². The summed E-state index contributed by atoms with van der Waals surface area (Å²) in [4.78, 5) is 16.6. The summed E-state index contributed by atoms with van der Waals surface area (Å²) in [6.07, 6.45) is 1.70. The van der Waals surface area contributed by atoms with E-state index in [9.17, 15) is 9.90 Å². The van der Waals surface area contributed by atoms with Gasteiger partial charge >= 0.3 is 5.97 Å². The van der Waals surface area contributed by atoms with Crippen molar-refractivity contribution in [1.82, 2.24) is 14.8 Å². The number of aromatic nitrogens is 3. The largest absolute Gasteiger partial charge is 0.478 e. The third-order valence-corrected chi connectivity index (χ3v) is 4.57. The fraction of sp³-hybridized carbons (Fsp3) is 0.188. The van der Waals surface area contributed by atoms with Gasteiger partial charge in [-0.3, -0.25) is 0 Å². The number of rotatable bonds is 5. The molecule has 0 spiro atoms. The van der Waals surface area contributed by atoms with E-state index in [-0.39, 0.29) is 5.56 Å². The highest BCUT2D eigenvalue weighted by atomic mass is 35.5. The molecule has 0 atom stereocenters. The third-order valence-electron chi connectivity index (χ3n) is 3.46. The molecule has 124 valence electrons. The maximum Gasteiger partial charge on any atom is 0.337 e. The summed E-state index contributed by atoms with van der Waals surface area (Å²) >= 11 is 7.19. The molecule has 0 radical (unpaired) electrons. The van der Waals surface area contributed by atoms with E-state index in [4.69, 9.17) is 11.6 Å². The predicted octanol–water partition coefficient (Wildman–Crippen LogP) is 3.91. The van der Waals surface area contributed by atoms with Crippen LogP contribution in [0.25, 0.3) is 5.69 Å². The van der Waals surface area contributed by atoms with Gasteiger partial charge in [-0.05, 0) is 38.1 Å². The summed E-state index contributed by atoms with van der Waals surface area (Å²) in [5.41, 5.74) is 3.17. The van der Waals surface area contributed by atoms with Crippen molar-refractivity contribution in [3.63, 3.8) is 0 Å². The standard InChI is InChI=1S/C16H15ClN4O2S/c1-9-5-10(2)21(20-9)14-4-3-11(6-13(14)15(22)23)18-7-12-8-19-16(17)24-12/h3-6,8,18H,7H2,1-2H3,(H,22,23). The van der Waals surface area contributed by atoms with Crippen LogP contribution >= 0.6 is 22.9 Å². The van der Waals surface area contributed by atoms with Crippen molar-refractivity contribution >= 4 is 34.6 Å². The van der Waals surface area contributed by atoms with Crippen molar-refractivity contribution in [2.75, 3.05) is 5.32 Å². The first-order chi connectivity index (χ1) is 11.4. The third kappa shape index (κ3) is 3.42. The normalized spacial score (nSPS) is 10.8. The molecule has 0 saturated heterocycles. The van der Waals surface area contributed by atoms with Crippen molar-refractivity contribution in [1.29, 1.82) is 0 Å². The second-order valence-electron chi connectivity index (χ2n) is 5.31. The van der Waals surface area contributed by atoms with Gasteiger partial charge in [0.1, 0.15) is 0 Å². The molecule has 0 amide bonds. The van der Waals surface area contributed by atoms with Crippen LogP contribution in [-0.4, -0.2) is 25.8 Å². The zero-order valence-electron chi connectivity index (χ0n) is 13.1. The zero-order valence-corrected chi connectivity index (χ0v) is 14.6. The molecular formula is C16H15ClN4O2S. The molecule has 2 heterocycles. The van der Waals surface area contributed by atoms with Gasteiger partial charge in [0, 0.05) is 22.5 Å². The summed E-state index contributed by atoms with van der Waals surface area (Å²) < 4.78 is 2.13. The number of carboxylic acids is 1. The van der Waals surface area contributed by atoms with Crippen molar-refractivity contribution < 1.29 is 9.90 Å². The fourth-order valence-electron chi connectivity index (χ4n) is 2.43. The molecule has 3 rings (SSSR count). The molecule has 6 nitrogen and oxygen atoms in total. The van der Waals surface area contributed by atoms with Crippen molar-refractivity contribution in [2.45, 2.75) is 20.4 Å². The highest BCUT2D eigenvalue weighted by molar-refractivity contribution is 7.15. The number of nitrogens with zero attached hydrogens (tertiary/aromatic N) is 3. The Morgan fingerprint density at radius 3 is 2.75 bits per heavy atom. The molecule has 0 unspecified atom stereocenters. The Morgan fingerprint density at radius 1 is 1.38 bits per heavy atom. The van der Waals surface area contributed by atoms with E-state index in [1.54, 1.807) is 23.0 Å². The fourth-order valence-corrected chi connectivity index (χ4v) is 3.35. The number of hydrogen-bond donors (Lipinski definition) is 2. The van der Waals surface area contributed by atoms with E-state index in [1.807, 2.05) is 26.0 Å². The summed E-state index contributed by atoms with van der Waals surface area (Å²) in [6, 6.07) is 7.10. The number of hydrogen-bond acceptors (Lipinski definition) is 5. The summed E-state index contributed by atoms with van der Waals surface area (Å²) in [6.45, 7) is 4.30. The monoisotopic (exact) mass is 362 g/mol. The van der Waals surface area contributed by atoms with Crippen molar-refractivity contribution in [2.24, 2.45) is 0 Å². The van der Waals surface area contributed by atoms with Gasteiger partial charge in [-0.2, -0.15) is 5.10 Å². The molecule has 2 N–H and O–H groups in total. The number of benzene rings is 1. The highest BCUT2D eigenvalue weighted by Crippen LogP contribution is 2.23. The average Bonchev–Trinajstić information content (AvgIpc) is 3.10. The average molecular weight is 363 g/mol. The van der Waals surface area contributed by atoms with Crippen molar-refractivity contribution in [3.8, 4) is 5.69 Å². The minimum Gasteiger partial charge on any atom is -0.478 e. The molecule has 2 aromatic heterocycles. The minimum absolute atomic E-state index is 0.188. The molecule has 0 aliphatic rings. The minimum atomic E-state index is -0.998. The lowest BCUT2D eigenvalue weighted by Gasteiger charge is -2.11. The van der Waals surface area contributed by atoms with Gasteiger partial charge in [-0.15, -0.1) is 11.3 Å². The Morgan fingerprint density at radius 2 is 2.17 bits per heavy atom. The van der Waals surface area contributed by atoms with Gasteiger partial charge < -0.3 is 10.4 Å². The van der Waals surface area contributed by atoms with E-state index in [2.05, 4.69) is 15.4 Å². The topological polar surface area (TPSA) is 80.0 Å². The van der Waals surface area contributed by atoms with E-state index < -0.39 is 5.97 Å². The molecule has 0 aliphatic heterocycles. The number of thiazole rings is 1. The first-order valence-corrected chi connectivity index (χ1v) is 8.38. The van der Waals surface area contributed by atoms with Crippen molar-refractivity contribution in [3.05, 3.63) is 56.8 Å². The quantitative estimate of drug-likeness (QED) is 0.719. The van der Waals surface area contributed by atoms with Gasteiger partial charge in [0.2, 0.25) is 0 Å². The van der Waals surface area contributed by atoms with Crippen LogP contribution in [0, 0.1) is 13.8 Å². The van der Waals surface area contributed by atoms with E-state index in [1.165, 1.54) is 11.3 Å². The molecule has 0 saturated carbocycles. The van der Waals surface area contributed by atoms with Crippen LogP contribution in [0.3, 0.4) is 0 Å². The summed E-state index contributed by atoms with van der Waals surface area (Å²) in [5, 5.41) is 17.1. The second-order valence-corrected chi connectivity index (χ2v) is 7.01. The number of aromatic carboxylic acids is 1. The lowest BCUT2D eigenvalue weighted by molar-refractivity contribution is 0.0697. The summed E-state index contributed by atoms with van der Waals surface area (Å²) in [7, 11) is 0. The Hall–Kier alpha value is -2.38. The number of carbonyl (C=O) groups is 1. The number of halogens is 1. The SMILES string of the molecule is Cc1cc(C)n(-c2ccc(NCc3cnc(Cl)s3)cc2C(=O)O)n1. The van der Waals surface area contributed by atoms with Gasteiger partial charge in [0.25, 0.3) is 0 Å². The smallest absolute Gasteiger partial charge is 0.337 e. The Bertz CT molecular complexity index is 903. The number of anilines is 1. The van der Waals surface area contributed by atoms with Crippen LogP contribution in [0.2, 0.25) is 4.47 Å². The Labute approximate surface area is 147 Å². The molecule has 3 aromatic rings. The Balaban J connectivity index is 1.90. The second kappa shape index (κ2) is 6.62. The van der Waals surface area contributed by atoms with Gasteiger partial charge in [0.05, 0.1) is 23.5 Å². The highest BCUT2D eigenvalue weighted by Gasteiger charge is 2.15. The maximum absolute atomic E-state index is 11.6. The molecule has 24 heavy (non-hydrogen) atoms. The van der Waals surface area contributed by atoms with E-state index in [0.29, 0.717) is 22.4 Å². The summed E-state index contributed by atoms with van der Waals surface area (Å²) in [5.74, 6) is -0.998. The first-order valence-electron chi connectivity index (χ1n) is 7.19. The van der Waals surface area contributed by atoms with Crippen LogP contribution in [0.5, 0.6) is 0 Å². The first kappa shape index (κ1) is 16.5. The van der Waals surface area contributed by atoms with Crippen LogP contribution < -0.4 is 5.32 Å². The lowest BCUT2D eigenvalue weighted by atomic mass is 10.1. The molecule has 0 aliphatic carbocycles. The Kier molecular flexibility index (Phi) is 4.55. The number of nitrogens with one attached hydrogen (secondary N) is 1. The van der Waals surface area contributed by atoms with Gasteiger partial charge in [-0.1, -0.05) is 11.6 Å². The number of aryl methyl sites for hydroxylation is 2.